The molecule has 184 valence electrons. The molecule has 1 aromatic heterocycles. The van der Waals surface area contributed by atoms with Gasteiger partial charge in [0.2, 0.25) is 0 Å². The molecule has 0 saturated carbocycles. The number of nitrogens with one attached hydrogen (secondary N) is 2. The molecule has 4 rings (SSSR count). The number of benzene rings is 3. The summed E-state index contributed by atoms with van der Waals surface area (Å²) in [5.41, 5.74) is 4.35. The highest BCUT2D eigenvalue weighted by molar-refractivity contribution is 5.98. The maximum Gasteiger partial charge on any atom is 0.255 e. The first kappa shape index (κ1) is 24.4. The van der Waals surface area contributed by atoms with Gasteiger partial charge in [0.25, 0.3) is 5.91 Å². The number of hydrogen-bond acceptors (Lipinski definition) is 4. The fraction of sp³-hybridized carbons (Fsp3) is 0.276. The zero-order valence-electron chi connectivity index (χ0n) is 20.2. The van der Waals surface area contributed by atoms with Crippen molar-refractivity contribution >= 4 is 16.8 Å². The molecule has 0 aliphatic rings. The Bertz CT molecular complexity index is 1290. The number of aromatic nitrogens is 1. The number of aromatic amines is 1. The average molecular weight is 475 g/mol. The fourth-order valence-corrected chi connectivity index (χ4v) is 4.15. The molecule has 0 aliphatic carbocycles. The molecule has 0 bridgehead atoms. The fourth-order valence-electron chi connectivity index (χ4n) is 4.15. The standard InChI is InChI=1S/C29H32N2O4.H2/c1-3-14-35-28-13-12-21(20-8-7-9-24(16-20)34-4-2)17-26(28)29(33)31-23(19-32)15-22-18-30-27-11-6-5-10-25(22)27;/h5-13,16-18,23,30,32H,3-4,14-15,19H2,1-2H3,(H,31,33);1H/t23-;/m0./s1. The quantitative estimate of drug-likeness (QED) is 0.264. The SMILES string of the molecule is CCCOc1ccc(-c2cccc(OCC)c2)cc1C(=O)N[C@H](CO)Cc1c[nH]c2ccccc12.[HH]. The van der Waals surface area contributed by atoms with Crippen LogP contribution in [0.3, 0.4) is 0 Å². The lowest BCUT2D eigenvalue weighted by Crippen LogP contribution is -2.39. The van der Waals surface area contributed by atoms with E-state index in [2.05, 4.69) is 10.3 Å². The Kier molecular flexibility index (Phi) is 8.06. The monoisotopic (exact) mass is 474 g/mol. The first-order valence-corrected chi connectivity index (χ1v) is 12.1. The van der Waals surface area contributed by atoms with E-state index < -0.39 is 6.04 Å². The Morgan fingerprint density at radius 3 is 2.66 bits per heavy atom. The summed E-state index contributed by atoms with van der Waals surface area (Å²) in [6.07, 6.45) is 3.27. The third kappa shape index (κ3) is 5.84. The largest absolute Gasteiger partial charge is 0.494 e. The zero-order chi connectivity index (χ0) is 24.6. The van der Waals surface area contributed by atoms with Crippen molar-refractivity contribution < 1.29 is 20.8 Å². The van der Waals surface area contributed by atoms with E-state index in [9.17, 15) is 9.90 Å². The van der Waals surface area contributed by atoms with Crippen molar-refractivity contribution in [1.82, 2.24) is 10.3 Å². The highest BCUT2D eigenvalue weighted by Gasteiger charge is 2.20. The van der Waals surface area contributed by atoms with Crippen LogP contribution in [0.15, 0.2) is 72.9 Å². The van der Waals surface area contributed by atoms with Crippen molar-refractivity contribution in [3.05, 3.63) is 84.1 Å². The van der Waals surface area contributed by atoms with E-state index in [1.807, 2.05) is 86.8 Å². The van der Waals surface area contributed by atoms with Crippen LogP contribution in [-0.4, -0.2) is 41.9 Å². The predicted molar refractivity (Wildman–Crippen MR) is 141 cm³/mol. The van der Waals surface area contributed by atoms with Crippen LogP contribution in [0, 0.1) is 0 Å². The molecule has 35 heavy (non-hydrogen) atoms. The van der Waals surface area contributed by atoms with Crippen LogP contribution in [0.2, 0.25) is 0 Å². The summed E-state index contributed by atoms with van der Waals surface area (Å²) in [6.45, 7) is 4.89. The molecular weight excluding hydrogens is 440 g/mol. The van der Waals surface area contributed by atoms with Crippen LogP contribution in [0.25, 0.3) is 22.0 Å². The van der Waals surface area contributed by atoms with Gasteiger partial charge in [-0.2, -0.15) is 0 Å². The van der Waals surface area contributed by atoms with Crippen molar-refractivity contribution in [2.24, 2.45) is 0 Å². The van der Waals surface area contributed by atoms with E-state index in [-0.39, 0.29) is 13.9 Å². The topological polar surface area (TPSA) is 83.6 Å². The zero-order valence-corrected chi connectivity index (χ0v) is 20.2. The highest BCUT2D eigenvalue weighted by Crippen LogP contribution is 2.29. The summed E-state index contributed by atoms with van der Waals surface area (Å²) in [5.74, 6) is 1.03. The molecular formula is C29H34N2O4. The maximum atomic E-state index is 13.4. The minimum atomic E-state index is -0.439. The number of H-pyrrole nitrogens is 1. The number of hydrogen-bond donors (Lipinski definition) is 3. The van der Waals surface area contributed by atoms with Crippen LogP contribution in [0.4, 0.5) is 0 Å². The number of amides is 1. The van der Waals surface area contributed by atoms with Crippen LogP contribution < -0.4 is 14.8 Å². The molecule has 0 spiro atoms. The molecule has 0 aliphatic heterocycles. The third-order valence-electron chi connectivity index (χ3n) is 5.86. The molecule has 0 unspecified atom stereocenters. The van der Waals surface area contributed by atoms with E-state index in [4.69, 9.17) is 9.47 Å². The number of rotatable bonds is 11. The van der Waals surface area contributed by atoms with Gasteiger partial charge in [-0.3, -0.25) is 4.79 Å². The van der Waals surface area contributed by atoms with Crippen molar-refractivity contribution in [2.75, 3.05) is 19.8 Å². The maximum absolute atomic E-state index is 13.4. The Morgan fingerprint density at radius 2 is 1.86 bits per heavy atom. The predicted octanol–water partition coefficient (Wildman–Crippen LogP) is 5.60. The van der Waals surface area contributed by atoms with Gasteiger partial charge in [0.1, 0.15) is 11.5 Å². The number of aliphatic hydroxyl groups excluding tert-OH is 1. The molecule has 1 atom stereocenters. The molecule has 1 amide bonds. The molecule has 6 nitrogen and oxygen atoms in total. The smallest absolute Gasteiger partial charge is 0.255 e. The summed E-state index contributed by atoms with van der Waals surface area (Å²) in [5, 5.41) is 14.1. The van der Waals surface area contributed by atoms with E-state index in [1.54, 1.807) is 0 Å². The Morgan fingerprint density at radius 1 is 1.03 bits per heavy atom. The van der Waals surface area contributed by atoms with Crippen molar-refractivity contribution in [3.63, 3.8) is 0 Å². The number of aliphatic hydroxyl groups is 1. The number of para-hydroxylation sites is 1. The van der Waals surface area contributed by atoms with Crippen LogP contribution >= 0.6 is 0 Å². The Balaban J connectivity index is 0.00000361. The second-order valence-corrected chi connectivity index (χ2v) is 8.44. The van der Waals surface area contributed by atoms with Gasteiger partial charge < -0.3 is 24.9 Å². The lowest BCUT2D eigenvalue weighted by Gasteiger charge is -2.18. The van der Waals surface area contributed by atoms with Crippen molar-refractivity contribution in [1.29, 1.82) is 0 Å². The van der Waals surface area contributed by atoms with Gasteiger partial charge in [0.15, 0.2) is 0 Å². The molecule has 3 aromatic carbocycles. The number of carbonyl (C=O) groups is 1. The van der Waals surface area contributed by atoms with E-state index >= 15 is 0 Å². The van der Waals surface area contributed by atoms with Gasteiger partial charge in [0.05, 0.1) is 31.4 Å². The normalized spacial score (nSPS) is 11.9. The summed E-state index contributed by atoms with van der Waals surface area (Å²) < 4.78 is 11.5. The Hall–Kier alpha value is -3.77. The van der Waals surface area contributed by atoms with Gasteiger partial charge in [0, 0.05) is 18.5 Å². The molecule has 0 saturated heterocycles. The average Bonchev–Trinajstić information content (AvgIpc) is 3.30. The van der Waals surface area contributed by atoms with E-state index in [0.717, 1.165) is 39.8 Å². The molecule has 1 heterocycles. The van der Waals surface area contributed by atoms with Crippen molar-refractivity contribution in [2.45, 2.75) is 32.7 Å². The molecule has 6 heteroatoms. The van der Waals surface area contributed by atoms with Gasteiger partial charge in [-0.1, -0.05) is 43.3 Å². The summed E-state index contributed by atoms with van der Waals surface area (Å²) in [4.78, 5) is 16.7. The molecule has 4 aromatic rings. The second-order valence-electron chi connectivity index (χ2n) is 8.44. The minimum absolute atomic E-state index is 0. The molecule has 0 fully saturated rings. The third-order valence-corrected chi connectivity index (χ3v) is 5.86. The van der Waals surface area contributed by atoms with Gasteiger partial charge >= 0.3 is 0 Å². The number of ether oxygens (including phenoxy) is 2. The lowest BCUT2D eigenvalue weighted by molar-refractivity contribution is 0.0912. The first-order valence-electron chi connectivity index (χ1n) is 12.1. The number of carbonyl (C=O) groups excluding carboxylic acids is 1. The minimum Gasteiger partial charge on any atom is -0.494 e. The van der Waals surface area contributed by atoms with Crippen LogP contribution in [0.5, 0.6) is 11.5 Å². The van der Waals surface area contributed by atoms with Gasteiger partial charge in [-0.15, -0.1) is 0 Å². The second kappa shape index (κ2) is 11.6. The molecule has 0 radical (unpaired) electrons. The highest BCUT2D eigenvalue weighted by atomic mass is 16.5. The summed E-state index contributed by atoms with van der Waals surface area (Å²) in [6, 6.07) is 21.0. The van der Waals surface area contributed by atoms with Crippen LogP contribution in [0.1, 0.15) is 37.6 Å². The molecule has 3 N–H and O–H groups in total. The number of fused-ring (bicyclic) bond motifs is 1. The summed E-state index contributed by atoms with van der Waals surface area (Å²) in [7, 11) is 0. The first-order chi connectivity index (χ1) is 17.1. The lowest BCUT2D eigenvalue weighted by atomic mass is 10.0. The van der Waals surface area contributed by atoms with Crippen molar-refractivity contribution in [3.8, 4) is 22.6 Å². The van der Waals surface area contributed by atoms with Gasteiger partial charge in [-0.25, -0.2) is 0 Å². The van der Waals surface area contributed by atoms with E-state index in [0.29, 0.717) is 30.9 Å². The van der Waals surface area contributed by atoms with Crippen LogP contribution in [-0.2, 0) is 6.42 Å². The van der Waals surface area contributed by atoms with Gasteiger partial charge in [-0.05, 0) is 66.8 Å². The van der Waals surface area contributed by atoms with E-state index in [1.165, 1.54) is 0 Å². The Labute approximate surface area is 207 Å². The summed E-state index contributed by atoms with van der Waals surface area (Å²) >= 11 is 0.